The molecule has 1 heterocycles. The van der Waals surface area contributed by atoms with Gasteiger partial charge in [0.1, 0.15) is 16.4 Å². The van der Waals surface area contributed by atoms with E-state index >= 15 is 0 Å². The van der Waals surface area contributed by atoms with Gasteiger partial charge in [0.2, 0.25) is 0 Å². The number of aromatic nitrogens is 1. The van der Waals surface area contributed by atoms with Crippen LogP contribution in [0.15, 0.2) is 36.4 Å². The third-order valence-corrected chi connectivity index (χ3v) is 4.59. The molecule has 0 bridgehead atoms. The first kappa shape index (κ1) is 18.4. The number of rotatable bonds is 4. The van der Waals surface area contributed by atoms with Gasteiger partial charge in [-0.2, -0.15) is 0 Å². The Hall–Kier alpha value is -2.44. The fourth-order valence-electron chi connectivity index (χ4n) is 2.53. The van der Waals surface area contributed by atoms with E-state index in [1.54, 1.807) is 24.3 Å². The van der Waals surface area contributed by atoms with Crippen molar-refractivity contribution in [2.45, 2.75) is 33.0 Å². The van der Waals surface area contributed by atoms with Crippen LogP contribution in [0.5, 0.6) is 5.75 Å². The van der Waals surface area contributed by atoms with Crippen molar-refractivity contribution in [3.05, 3.63) is 59.5 Å². The van der Waals surface area contributed by atoms with Gasteiger partial charge < -0.3 is 15.2 Å². The monoisotopic (exact) mass is 369 g/mol. The normalized spacial score (nSPS) is 11.6. The number of benzene rings is 2. The minimum absolute atomic E-state index is 0.0884. The van der Waals surface area contributed by atoms with Crippen LogP contribution in [0.2, 0.25) is 0 Å². The number of aliphatic hydroxyl groups is 1. The molecule has 0 aliphatic carbocycles. The standard InChI is InChI=1S/C20H21N2O3S/c1-12-9-14(25-20(2,3)4)6-7-15(12)19(24)21-13-5-8-17-16(10-13)22-18(11-23)26-17/h5-10,23H,1,11H2,2-4H3,(H,21,24). The highest BCUT2D eigenvalue weighted by atomic mass is 32.1. The van der Waals surface area contributed by atoms with Gasteiger partial charge >= 0.3 is 0 Å². The summed E-state index contributed by atoms with van der Waals surface area (Å²) in [7, 11) is 0. The van der Waals surface area contributed by atoms with Crippen LogP contribution < -0.4 is 10.1 Å². The van der Waals surface area contributed by atoms with Gasteiger partial charge in [0.15, 0.2) is 0 Å². The Morgan fingerprint density at radius 2 is 2.04 bits per heavy atom. The van der Waals surface area contributed by atoms with Gasteiger partial charge in [-0.3, -0.25) is 4.79 Å². The van der Waals surface area contributed by atoms with E-state index in [-0.39, 0.29) is 18.1 Å². The summed E-state index contributed by atoms with van der Waals surface area (Å²) in [5.41, 5.74) is 2.17. The lowest BCUT2D eigenvalue weighted by atomic mass is 10.1. The van der Waals surface area contributed by atoms with E-state index in [4.69, 9.17) is 4.74 Å². The molecule has 3 rings (SSSR count). The average molecular weight is 369 g/mol. The Labute approximate surface area is 156 Å². The van der Waals surface area contributed by atoms with Crippen molar-refractivity contribution in [3.8, 4) is 5.75 Å². The Kier molecular flexibility index (Phi) is 4.98. The molecule has 2 aromatic carbocycles. The summed E-state index contributed by atoms with van der Waals surface area (Å²) in [5, 5.41) is 12.7. The second kappa shape index (κ2) is 7.05. The van der Waals surface area contributed by atoms with Crippen molar-refractivity contribution in [1.29, 1.82) is 0 Å². The number of carbonyl (C=O) groups is 1. The van der Waals surface area contributed by atoms with Crippen LogP contribution in [0.4, 0.5) is 5.69 Å². The van der Waals surface area contributed by atoms with E-state index in [9.17, 15) is 9.90 Å². The quantitative estimate of drug-likeness (QED) is 0.715. The molecule has 0 saturated heterocycles. The summed E-state index contributed by atoms with van der Waals surface area (Å²) < 4.78 is 6.76. The van der Waals surface area contributed by atoms with Gasteiger partial charge in [-0.05, 0) is 69.7 Å². The van der Waals surface area contributed by atoms with Crippen molar-refractivity contribution in [2.24, 2.45) is 0 Å². The van der Waals surface area contributed by atoms with Crippen molar-refractivity contribution in [1.82, 2.24) is 4.98 Å². The molecule has 0 aliphatic rings. The first-order valence-electron chi connectivity index (χ1n) is 8.22. The number of hydrogen-bond donors (Lipinski definition) is 2. The zero-order valence-corrected chi connectivity index (χ0v) is 15.8. The minimum Gasteiger partial charge on any atom is -0.488 e. The van der Waals surface area contributed by atoms with E-state index in [0.29, 0.717) is 27.6 Å². The molecular formula is C20H21N2O3S. The van der Waals surface area contributed by atoms with Crippen LogP contribution >= 0.6 is 11.3 Å². The summed E-state index contributed by atoms with van der Waals surface area (Å²) in [6.07, 6.45) is 0. The fourth-order valence-corrected chi connectivity index (χ4v) is 3.34. The number of carbonyl (C=O) groups excluding carboxylic acids is 1. The molecule has 0 atom stereocenters. The number of anilines is 1. The number of aliphatic hydroxyl groups excluding tert-OH is 1. The number of nitrogens with one attached hydrogen (secondary N) is 1. The van der Waals surface area contributed by atoms with Gasteiger partial charge in [-0.15, -0.1) is 11.3 Å². The second-order valence-corrected chi connectivity index (χ2v) is 8.05. The lowest BCUT2D eigenvalue weighted by molar-refractivity contribution is 0.102. The molecule has 0 saturated carbocycles. The summed E-state index contributed by atoms with van der Waals surface area (Å²) in [5.74, 6) is 0.439. The SMILES string of the molecule is [CH2]c1cc(OC(C)(C)C)ccc1C(=O)Nc1ccc2sc(CO)nc2c1. The molecule has 0 spiro atoms. The minimum atomic E-state index is -0.313. The number of nitrogens with zero attached hydrogens (tertiary/aromatic N) is 1. The second-order valence-electron chi connectivity index (χ2n) is 6.94. The molecule has 5 nitrogen and oxygen atoms in total. The molecular weight excluding hydrogens is 348 g/mol. The highest BCUT2D eigenvalue weighted by Gasteiger charge is 2.15. The third kappa shape index (κ3) is 4.20. The van der Waals surface area contributed by atoms with Gasteiger partial charge in [0, 0.05) is 11.3 Å². The number of thiazole rings is 1. The molecule has 135 valence electrons. The van der Waals surface area contributed by atoms with Gasteiger partial charge in [-0.25, -0.2) is 4.98 Å². The van der Waals surface area contributed by atoms with E-state index in [2.05, 4.69) is 17.2 Å². The molecule has 6 heteroatoms. The Morgan fingerprint density at radius 1 is 1.27 bits per heavy atom. The van der Waals surface area contributed by atoms with E-state index in [1.165, 1.54) is 11.3 Å². The molecule has 0 fully saturated rings. The van der Waals surface area contributed by atoms with Gasteiger partial charge in [-0.1, -0.05) is 0 Å². The Morgan fingerprint density at radius 3 is 2.69 bits per heavy atom. The zero-order chi connectivity index (χ0) is 18.9. The number of hydrogen-bond acceptors (Lipinski definition) is 5. The zero-order valence-electron chi connectivity index (χ0n) is 15.0. The lowest BCUT2D eigenvalue weighted by Crippen LogP contribution is -2.23. The third-order valence-electron chi connectivity index (χ3n) is 3.57. The molecule has 2 N–H and O–H groups in total. The Bertz CT molecular complexity index is 957. The van der Waals surface area contributed by atoms with Crippen LogP contribution in [-0.2, 0) is 6.61 Å². The van der Waals surface area contributed by atoms with Crippen molar-refractivity contribution < 1.29 is 14.6 Å². The maximum absolute atomic E-state index is 12.6. The average Bonchev–Trinajstić information content (AvgIpc) is 2.95. The van der Waals surface area contributed by atoms with Crippen LogP contribution in [0.3, 0.4) is 0 Å². The topological polar surface area (TPSA) is 71.5 Å². The van der Waals surface area contributed by atoms with E-state index in [0.717, 1.165) is 10.2 Å². The van der Waals surface area contributed by atoms with Crippen molar-refractivity contribution in [3.63, 3.8) is 0 Å². The van der Waals surface area contributed by atoms with Crippen LogP contribution in [0, 0.1) is 6.92 Å². The van der Waals surface area contributed by atoms with Crippen LogP contribution in [0.25, 0.3) is 10.2 Å². The maximum Gasteiger partial charge on any atom is 0.255 e. The summed E-state index contributed by atoms with van der Waals surface area (Å²) >= 11 is 1.43. The summed E-state index contributed by atoms with van der Waals surface area (Å²) in [6, 6.07) is 10.7. The highest BCUT2D eigenvalue weighted by Crippen LogP contribution is 2.26. The van der Waals surface area contributed by atoms with E-state index < -0.39 is 0 Å². The van der Waals surface area contributed by atoms with Crippen molar-refractivity contribution in [2.75, 3.05) is 5.32 Å². The molecule has 0 unspecified atom stereocenters. The molecule has 3 aromatic rings. The van der Waals surface area contributed by atoms with Gasteiger partial charge in [0.25, 0.3) is 5.91 Å². The summed E-state index contributed by atoms with van der Waals surface area (Å²) in [6.45, 7) is 9.77. The molecule has 0 aliphatic heterocycles. The van der Waals surface area contributed by atoms with Crippen LogP contribution in [0.1, 0.15) is 41.7 Å². The largest absolute Gasteiger partial charge is 0.488 e. The molecule has 1 aromatic heterocycles. The number of ether oxygens (including phenoxy) is 1. The van der Waals surface area contributed by atoms with Crippen molar-refractivity contribution >= 4 is 33.1 Å². The highest BCUT2D eigenvalue weighted by molar-refractivity contribution is 7.18. The Balaban J connectivity index is 1.79. The molecule has 1 radical (unpaired) electrons. The predicted molar refractivity (Wildman–Crippen MR) is 105 cm³/mol. The smallest absolute Gasteiger partial charge is 0.255 e. The lowest BCUT2D eigenvalue weighted by Gasteiger charge is -2.21. The fraction of sp³-hybridized carbons (Fsp3) is 0.250. The number of fused-ring (bicyclic) bond motifs is 1. The van der Waals surface area contributed by atoms with E-state index in [1.807, 2.05) is 32.9 Å². The molecule has 1 amide bonds. The maximum atomic E-state index is 12.6. The van der Waals surface area contributed by atoms with Gasteiger partial charge in [0.05, 0.1) is 16.8 Å². The summed E-state index contributed by atoms with van der Waals surface area (Å²) in [4.78, 5) is 16.9. The predicted octanol–water partition coefficient (Wildman–Crippen LogP) is 4.40. The first-order chi connectivity index (χ1) is 12.2. The molecule has 26 heavy (non-hydrogen) atoms. The van der Waals surface area contributed by atoms with Crippen LogP contribution in [-0.4, -0.2) is 21.6 Å². The number of amides is 1. The first-order valence-corrected chi connectivity index (χ1v) is 9.03.